The molecule has 4 aromatic rings. The van der Waals surface area contributed by atoms with Gasteiger partial charge in [-0.1, -0.05) is 18.6 Å². The molecule has 0 fully saturated rings. The summed E-state index contributed by atoms with van der Waals surface area (Å²) in [5.41, 5.74) is 1.88. The highest BCUT2D eigenvalue weighted by Crippen LogP contribution is 2.27. The molecule has 7 heteroatoms. The molecule has 0 atom stereocenters. The van der Waals surface area contributed by atoms with Gasteiger partial charge in [-0.3, -0.25) is 4.98 Å². The lowest BCUT2D eigenvalue weighted by Crippen LogP contribution is -2.22. The predicted molar refractivity (Wildman–Crippen MR) is 112 cm³/mol. The van der Waals surface area contributed by atoms with Crippen molar-refractivity contribution in [3.8, 4) is 11.4 Å². The lowest BCUT2D eigenvalue weighted by Gasteiger charge is -2.20. The molecule has 0 radical (unpaired) electrons. The highest BCUT2D eigenvalue weighted by Gasteiger charge is 2.18. The summed E-state index contributed by atoms with van der Waals surface area (Å²) < 4.78 is 2.29. The minimum absolute atomic E-state index is 0.657. The fraction of sp³-hybridized carbons (Fsp3) is 0.318. The van der Waals surface area contributed by atoms with Crippen LogP contribution in [0.15, 0.2) is 48.8 Å². The third-order valence-electron chi connectivity index (χ3n) is 5.45. The number of hydrogen-bond donors (Lipinski definition) is 0. The van der Waals surface area contributed by atoms with E-state index in [9.17, 15) is 0 Å². The number of rotatable bonds is 4. The third kappa shape index (κ3) is 3.44. The van der Waals surface area contributed by atoms with E-state index in [1.165, 1.54) is 19.3 Å². The number of aromatic nitrogens is 6. The van der Waals surface area contributed by atoms with E-state index < -0.39 is 0 Å². The quantitative estimate of drug-likeness (QED) is 0.534. The van der Waals surface area contributed by atoms with Gasteiger partial charge in [0.1, 0.15) is 11.6 Å². The van der Waals surface area contributed by atoms with Crippen molar-refractivity contribution in [3.63, 3.8) is 0 Å². The van der Waals surface area contributed by atoms with E-state index in [1.54, 1.807) is 12.4 Å². The van der Waals surface area contributed by atoms with Crippen molar-refractivity contribution < 1.29 is 0 Å². The average molecular weight is 385 g/mol. The van der Waals surface area contributed by atoms with E-state index in [1.807, 2.05) is 30.3 Å². The van der Waals surface area contributed by atoms with Crippen LogP contribution in [0.3, 0.4) is 0 Å². The zero-order valence-corrected chi connectivity index (χ0v) is 16.5. The lowest BCUT2D eigenvalue weighted by molar-refractivity contribution is 0.601. The summed E-state index contributed by atoms with van der Waals surface area (Å²) in [5, 5.41) is 9.95. The van der Waals surface area contributed by atoms with Crippen LogP contribution in [-0.2, 0) is 19.5 Å². The molecule has 1 aromatic carbocycles. The predicted octanol–water partition coefficient (Wildman–Crippen LogP) is 3.65. The first-order valence-corrected chi connectivity index (χ1v) is 10.1. The minimum Gasteiger partial charge on any atom is -0.351 e. The number of para-hydroxylation sites is 1. The molecule has 0 aliphatic carbocycles. The Morgan fingerprint density at radius 2 is 1.83 bits per heavy atom. The topological polar surface area (TPSA) is 72.6 Å². The van der Waals surface area contributed by atoms with E-state index >= 15 is 0 Å². The molecule has 0 bridgehead atoms. The number of nitrogens with zero attached hydrogens (tertiary/aromatic N) is 7. The number of benzene rings is 1. The highest BCUT2D eigenvalue weighted by atomic mass is 15.3. The molecule has 4 heterocycles. The van der Waals surface area contributed by atoms with Crippen LogP contribution >= 0.6 is 0 Å². The van der Waals surface area contributed by atoms with Gasteiger partial charge in [0.15, 0.2) is 11.6 Å². The van der Waals surface area contributed by atoms with Crippen LogP contribution < -0.4 is 4.90 Å². The van der Waals surface area contributed by atoms with Gasteiger partial charge >= 0.3 is 0 Å². The molecule has 7 nitrogen and oxygen atoms in total. The average Bonchev–Trinajstić information content (AvgIpc) is 2.99. The van der Waals surface area contributed by atoms with Crippen molar-refractivity contribution in [2.24, 2.45) is 0 Å². The molecular formula is C22H23N7. The van der Waals surface area contributed by atoms with E-state index in [-0.39, 0.29) is 0 Å². The third-order valence-corrected chi connectivity index (χ3v) is 5.45. The fourth-order valence-electron chi connectivity index (χ4n) is 3.93. The number of fused-ring (bicyclic) bond motifs is 2. The van der Waals surface area contributed by atoms with Crippen molar-refractivity contribution in [2.75, 3.05) is 11.9 Å². The van der Waals surface area contributed by atoms with Crippen LogP contribution in [0.2, 0.25) is 0 Å². The first kappa shape index (κ1) is 17.7. The van der Waals surface area contributed by atoms with Crippen molar-refractivity contribution in [2.45, 2.75) is 38.8 Å². The summed E-state index contributed by atoms with van der Waals surface area (Å²) in [7, 11) is 2.06. The van der Waals surface area contributed by atoms with E-state index in [0.29, 0.717) is 12.4 Å². The Labute approximate surface area is 169 Å². The standard InChI is InChI=1S/C22H23N7/c1-28(15-20-27-26-19-9-3-2-6-14-29(19)20)22-17-7-4-5-8-18(17)24-21(25-22)16-10-12-23-13-11-16/h4-5,7-8,10-13H,2-3,6,9,14-15H2,1H3. The molecule has 0 spiro atoms. The number of pyridine rings is 1. The maximum absolute atomic E-state index is 4.91. The second-order valence-electron chi connectivity index (χ2n) is 7.47. The Balaban J connectivity index is 1.55. The monoisotopic (exact) mass is 385 g/mol. The van der Waals surface area contributed by atoms with Gasteiger partial charge in [-0.2, -0.15) is 0 Å². The highest BCUT2D eigenvalue weighted by molar-refractivity contribution is 5.90. The Morgan fingerprint density at radius 3 is 2.72 bits per heavy atom. The van der Waals surface area contributed by atoms with Crippen LogP contribution in [0.1, 0.15) is 30.9 Å². The van der Waals surface area contributed by atoms with Crippen LogP contribution in [-0.4, -0.2) is 36.8 Å². The number of hydrogen-bond acceptors (Lipinski definition) is 6. The molecule has 146 valence electrons. The van der Waals surface area contributed by atoms with Gasteiger partial charge in [0.25, 0.3) is 0 Å². The van der Waals surface area contributed by atoms with Gasteiger partial charge in [0, 0.05) is 43.4 Å². The fourth-order valence-corrected chi connectivity index (χ4v) is 3.93. The van der Waals surface area contributed by atoms with E-state index in [0.717, 1.165) is 46.9 Å². The smallest absolute Gasteiger partial charge is 0.162 e. The molecule has 0 saturated heterocycles. The van der Waals surface area contributed by atoms with Gasteiger partial charge < -0.3 is 9.47 Å². The minimum atomic E-state index is 0.657. The normalized spacial score (nSPS) is 13.8. The zero-order chi connectivity index (χ0) is 19.6. The zero-order valence-electron chi connectivity index (χ0n) is 16.5. The van der Waals surface area contributed by atoms with Crippen molar-refractivity contribution in [3.05, 3.63) is 60.4 Å². The molecule has 1 aliphatic rings. The van der Waals surface area contributed by atoms with Gasteiger partial charge in [-0.25, -0.2) is 9.97 Å². The summed E-state index contributed by atoms with van der Waals surface area (Å²) in [6.45, 7) is 1.65. The van der Waals surface area contributed by atoms with E-state index in [2.05, 4.69) is 37.8 Å². The van der Waals surface area contributed by atoms with Gasteiger partial charge in [-0.05, 0) is 37.1 Å². The van der Waals surface area contributed by atoms with Crippen molar-refractivity contribution in [1.29, 1.82) is 0 Å². The molecule has 1 aliphatic heterocycles. The molecule has 0 unspecified atom stereocenters. The number of aryl methyl sites for hydroxylation is 1. The Bertz CT molecular complexity index is 1140. The number of anilines is 1. The van der Waals surface area contributed by atoms with Crippen molar-refractivity contribution >= 4 is 16.7 Å². The molecule has 5 rings (SSSR count). The first-order chi connectivity index (χ1) is 14.3. The first-order valence-electron chi connectivity index (χ1n) is 10.1. The largest absolute Gasteiger partial charge is 0.351 e. The second kappa shape index (κ2) is 7.58. The Hall–Kier alpha value is -3.35. The van der Waals surface area contributed by atoms with Gasteiger partial charge in [-0.15, -0.1) is 10.2 Å². The second-order valence-corrected chi connectivity index (χ2v) is 7.47. The molecule has 0 N–H and O–H groups in total. The molecule has 3 aromatic heterocycles. The van der Waals surface area contributed by atoms with Gasteiger partial charge in [0.05, 0.1) is 12.1 Å². The summed E-state index contributed by atoms with van der Waals surface area (Å²) in [4.78, 5) is 15.9. The maximum atomic E-state index is 4.91. The van der Waals surface area contributed by atoms with E-state index in [4.69, 9.17) is 9.97 Å². The molecular weight excluding hydrogens is 362 g/mol. The molecule has 0 amide bonds. The lowest BCUT2D eigenvalue weighted by atomic mass is 10.2. The van der Waals surface area contributed by atoms with Crippen LogP contribution in [0.4, 0.5) is 5.82 Å². The molecule has 0 saturated carbocycles. The summed E-state index contributed by atoms with van der Waals surface area (Å²) >= 11 is 0. The maximum Gasteiger partial charge on any atom is 0.162 e. The Kier molecular flexibility index (Phi) is 4.63. The summed E-state index contributed by atoms with van der Waals surface area (Å²) in [6, 6.07) is 12.0. The van der Waals surface area contributed by atoms with Crippen LogP contribution in [0.25, 0.3) is 22.3 Å². The van der Waals surface area contributed by atoms with Crippen molar-refractivity contribution in [1.82, 2.24) is 29.7 Å². The van der Waals surface area contributed by atoms with Crippen LogP contribution in [0, 0.1) is 0 Å². The summed E-state index contributed by atoms with van der Waals surface area (Å²) in [5.74, 6) is 3.70. The SMILES string of the molecule is CN(Cc1nnc2n1CCCCC2)c1nc(-c2ccncc2)nc2ccccc12. The Morgan fingerprint density at radius 1 is 0.966 bits per heavy atom. The van der Waals surface area contributed by atoms with Gasteiger partial charge in [0.2, 0.25) is 0 Å². The molecule has 29 heavy (non-hydrogen) atoms. The van der Waals surface area contributed by atoms with Crippen LogP contribution in [0.5, 0.6) is 0 Å². The summed E-state index contributed by atoms with van der Waals surface area (Å²) in [6.07, 6.45) is 8.18.